The molecule has 26 heavy (non-hydrogen) atoms. The lowest BCUT2D eigenvalue weighted by atomic mass is 10.1. The van der Waals surface area contributed by atoms with Crippen molar-refractivity contribution in [2.24, 2.45) is 0 Å². The first kappa shape index (κ1) is 18.4. The van der Waals surface area contributed by atoms with E-state index in [1.807, 2.05) is 56.3 Å². The van der Waals surface area contributed by atoms with Crippen LogP contribution < -0.4 is 10.1 Å². The molecule has 7 heteroatoms. The number of ether oxygens (including phenoxy) is 1. The summed E-state index contributed by atoms with van der Waals surface area (Å²) in [7, 11) is 0. The highest BCUT2D eigenvalue weighted by atomic mass is 35.5. The average molecular weight is 388 g/mol. The Morgan fingerprint density at radius 1 is 1.15 bits per heavy atom. The fourth-order valence-corrected chi connectivity index (χ4v) is 3.27. The van der Waals surface area contributed by atoms with Crippen LogP contribution in [0.4, 0.5) is 5.13 Å². The van der Waals surface area contributed by atoms with E-state index in [2.05, 4.69) is 15.5 Å². The van der Waals surface area contributed by atoms with Crippen molar-refractivity contribution in [3.05, 3.63) is 58.6 Å². The molecule has 134 valence electrons. The average Bonchev–Trinajstić information content (AvgIpc) is 3.08. The Morgan fingerprint density at radius 3 is 2.46 bits per heavy atom. The minimum absolute atomic E-state index is 0.286. The van der Waals surface area contributed by atoms with Crippen molar-refractivity contribution >= 4 is 34.0 Å². The van der Waals surface area contributed by atoms with E-state index in [-0.39, 0.29) is 5.91 Å². The zero-order valence-electron chi connectivity index (χ0n) is 14.6. The van der Waals surface area contributed by atoms with Gasteiger partial charge in [-0.3, -0.25) is 10.1 Å². The maximum Gasteiger partial charge on any atom is 0.266 e. The normalized spacial score (nSPS) is 11.8. The number of aromatic nitrogens is 2. The van der Waals surface area contributed by atoms with Gasteiger partial charge < -0.3 is 4.74 Å². The number of amides is 1. The highest BCUT2D eigenvalue weighted by Gasteiger charge is 2.18. The number of hydrogen-bond acceptors (Lipinski definition) is 5. The third-order valence-corrected chi connectivity index (χ3v) is 5.25. The number of nitrogens with zero attached hydrogens (tertiary/aromatic N) is 2. The molecule has 3 rings (SSSR count). The molecule has 3 aromatic rings. The summed E-state index contributed by atoms with van der Waals surface area (Å²) in [5.74, 6) is 0.320. The molecule has 1 atom stereocenters. The van der Waals surface area contributed by atoms with Crippen molar-refractivity contribution in [1.82, 2.24) is 10.2 Å². The Labute approximate surface area is 161 Å². The molecular formula is C19H18ClN3O2S. The second-order valence-corrected chi connectivity index (χ2v) is 7.25. The molecule has 0 aliphatic carbocycles. The molecule has 1 amide bonds. The van der Waals surface area contributed by atoms with Gasteiger partial charge >= 0.3 is 0 Å². The van der Waals surface area contributed by atoms with Crippen LogP contribution in [0.25, 0.3) is 10.6 Å². The molecule has 0 radical (unpaired) electrons. The van der Waals surface area contributed by atoms with Crippen molar-refractivity contribution < 1.29 is 9.53 Å². The van der Waals surface area contributed by atoms with Crippen molar-refractivity contribution in [2.45, 2.75) is 26.9 Å². The molecule has 0 bridgehead atoms. The number of halogens is 1. The van der Waals surface area contributed by atoms with Crippen LogP contribution in [0.2, 0.25) is 5.02 Å². The minimum Gasteiger partial charge on any atom is -0.481 e. The number of aryl methyl sites for hydroxylation is 2. The predicted molar refractivity (Wildman–Crippen MR) is 105 cm³/mol. The van der Waals surface area contributed by atoms with Gasteiger partial charge in [0.2, 0.25) is 5.13 Å². The molecule has 0 aliphatic rings. The molecular weight excluding hydrogens is 370 g/mol. The highest BCUT2D eigenvalue weighted by molar-refractivity contribution is 7.18. The van der Waals surface area contributed by atoms with Gasteiger partial charge in [-0.15, -0.1) is 10.2 Å². The van der Waals surface area contributed by atoms with Gasteiger partial charge in [-0.05, 0) is 44.0 Å². The van der Waals surface area contributed by atoms with Crippen LogP contribution in [0.5, 0.6) is 5.75 Å². The van der Waals surface area contributed by atoms with Gasteiger partial charge in [0, 0.05) is 10.6 Å². The molecule has 2 aromatic carbocycles. The van der Waals surface area contributed by atoms with Crippen LogP contribution in [-0.4, -0.2) is 22.2 Å². The van der Waals surface area contributed by atoms with Crippen molar-refractivity contribution in [3.63, 3.8) is 0 Å². The van der Waals surface area contributed by atoms with Gasteiger partial charge in [-0.1, -0.05) is 53.3 Å². The third kappa shape index (κ3) is 4.20. The molecule has 0 aliphatic heterocycles. The summed E-state index contributed by atoms with van der Waals surface area (Å²) in [5.41, 5.74) is 2.78. The van der Waals surface area contributed by atoms with E-state index >= 15 is 0 Å². The van der Waals surface area contributed by atoms with E-state index in [1.165, 1.54) is 11.3 Å². The van der Waals surface area contributed by atoms with Crippen LogP contribution in [-0.2, 0) is 4.79 Å². The lowest BCUT2D eigenvalue weighted by molar-refractivity contribution is -0.122. The van der Waals surface area contributed by atoms with E-state index in [0.717, 1.165) is 21.7 Å². The fourth-order valence-electron chi connectivity index (χ4n) is 2.41. The van der Waals surface area contributed by atoms with E-state index in [1.54, 1.807) is 6.92 Å². The number of rotatable bonds is 5. The first-order chi connectivity index (χ1) is 12.4. The van der Waals surface area contributed by atoms with E-state index in [4.69, 9.17) is 16.3 Å². The molecule has 0 saturated carbocycles. The first-order valence-corrected chi connectivity index (χ1v) is 9.26. The van der Waals surface area contributed by atoms with E-state index in [0.29, 0.717) is 15.9 Å². The van der Waals surface area contributed by atoms with Crippen LogP contribution in [0.1, 0.15) is 18.1 Å². The number of anilines is 1. The largest absolute Gasteiger partial charge is 0.481 e. The number of hydrogen-bond donors (Lipinski definition) is 1. The molecule has 5 nitrogen and oxygen atoms in total. The standard InChI is InChI=1S/C19H18ClN3O2S/c1-11-9-15(10-12(2)16(11)20)25-13(3)17(24)21-19-23-22-18(26-19)14-7-5-4-6-8-14/h4-10,13H,1-3H3,(H,21,23,24)/t13-/m0/s1. The van der Waals surface area contributed by atoms with Gasteiger partial charge in [-0.25, -0.2) is 0 Å². The summed E-state index contributed by atoms with van der Waals surface area (Å²) in [6.45, 7) is 5.49. The zero-order valence-corrected chi connectivity index (χ0v) is 16.2. The maximum atomic E-state index is 12.4. The number of carbonyl (C=O) groups excluding carboxylic acids is 1. The van der Waals surface area contributed by atoms with Crippen LogP contribution >= 0.6 is 22.9 Å². The van der Waals surface area contributed by atoms with Gasteiger partial charge in [0.05, 0.1) is 0 Å². The van der Waals surface area contributed by atoms with Gasteiger partial charge in [0.15, 0.2) is 6.10 Å². The summed E-state index contributed by atoms with van der Waals surface area (Å²) in [4.78, 5) is 12.4. The second-order valence-electron chi connectivity index (χ2n) is 5.90. The van der Waals surface area contributed by atoms with Crippen molar-refractivity contribution in [1.29, 1.82) is 0 Å². The Kier molecular flexibility index (Phi) is 5.54. The van der Waals surface area contributed by atoms with Crippen LogP contribution in [0.15, 0.2) is 42.5 Å². The Bertz CT molecular complexity index is 905. The van der Waals surface area contributed by atoms with Gasteiger partial charge in [-0.2, -0.15) is 0 Å². The lowest BCUT2D eigenvalue weighted by Crippen LogP contribution is -2.30. The zero-order chi connectivity index (χ0) is 18.7. The van der Waals surface area contributed by atoms with Crippen LogP contribution in [0, 0.1) is 13.8 Å². The molecule has 1 N–H and O–H groups in total. The molecule has 0 spiro atoms. The Balaban J connectivity index is 1.66. The first-order valence-electron chi connectivity index (χ1n) is 8.07. The topological polar surface area (TPSA) is 64.1 Å². The van der Waals surface area contributed by atoms with E-state index in [9.17, 15) is 4.79 Å². The minimum atomic E-state index is -0.681. The highest BCUT2D eigenvalue weighted by Crippen LogP contribution is 2.28. The molecule has 1 aromatic heterocycles. The van der Waals surface area contributed by atoms with Crippen molar-refractivity contribution in [2.75, 3.05) is 5.32 Å². The molecule has 0 unspecified atom stereocenters. The molecule has 0 saturated heterocycles. The lowest BCUT2D eigenvalue weighted by Gasteiger charge is -2.15. The van der Waals surface area contributed by atoms with Gasteiger partial charge in [0.25, 0.3) is 5.91 Å². The van der Waals surface area contributed by atoms with E-state index < -0.39 is 6.10 Å². The Morgan fingerprint density at radius 2 is 1.81 bits per heavy atom. The molecule has 1 heterocycles. The second kappa shape index (κ2) is 7.85. The fraction of sp³-hybridized carbons (Fsp3) is 0.211. The number of benzene rings is 2. The summed E-state index contributed by atoms with van der Waals surface area (Å²) in [6.07, 6.45) is -0.681. The van der Waals surface area contributed by atoms with Crippen LogP contribution in [0.3, 0.4) is 0 Å². The summed E-state index contributed by atoms with van der Waals surface area (Å²) < 4.78 is 5.74. The quantitative estimate of drug-likeness (QED) is 0.677. The maximum absolute atomic E-state index is 12.4. The van der Waals surface area contributed by atoms with Crippen molar-refractivity contribution in [3.8, 4) is 16.3 Å². The summed E-state index contributed by atoms with van der Waals surface area (Å²) in [5, 5.41) is 12.8. The number of nitrogens with one attached hydrogen (secondary N) is 1. The smallest absolute Gasteiger partial charge is 0.266 e. The molecule has 0 fully saturated rings. The Hall–Kier alpha value is -2.44. The third-order valence-electron chi connectivity index (χ3n) is 3.77. The number of carbonyl (C=O) groups is 1. The SMILES string of the molecule is Cc1cc(O[C@@H](C)C(=O)Nc2nnc(-c3ccccc3)s2)cc(C)c1Cl. The summed E-state index contributed by atoms with van der Waals surface area (Å²) in [6, 6.07) is 13.3. The van der Waals surface area contributed by atoms with Gasteiger partial charge in [0.1, 0.15) is 10.8 Å². The monoisotopic (exact) mass is 387 g/mol. The summed E-state index contributed by atoms with van der Waals surface area (Å²) >= 11 is 7.48. The predicted octanol–water partition coefficient (Wildman–Crippen LogP) is 4.88.